The third-order valence-electron chi connectivity index (χ3n) is 3.75. The molecule has 0 unspecified atom stereocenters. The molecule has 7 heteroatoms. The molecule has 1 aliphatic rings. The Morgan fingerprint density at radius 2 is 1.96 bits per heavy atom. The molecule has 0 saturated carbocycles. The second kappa shape index (κ2) is 6.46. The maximum atomic E-state index is 10.8. The van der Waals surface area contributed by atoms with E-state index in [1.54, 1.807) is 6.07 Å². The van der Waals surface area contributed by atoms with Gasteiger partial charge in [0.05, 0.1) is 16.2 Å². The van der Waals surface area contributed by atoms with Crippen molar-refractivity contribution >= 4 is 11.4 Å². The van der Waals surface area contributed by atoms with Gasteiger partial charge in [-0.15, -0.1) is 0 Å². The Balaban J connectivity index is 1.83. The first-order valence-corrected chi connectivity index (χ1v) is 7.36. The summed E-state index contributed by atoms with van der Waals surface area (Å²) < 4.78 is 11.1. The SMILES string of the molecule is CN(Cc1ccc2c(c1)OCCO2)c1ccc([N+](=O)[O-])cc1C#N. The monoisotopic (exact) mass is 325 g/mol. The normalized spacial score (nSPS) is 12.3. The van der Waals surface area contributed by atoms with Crippen molar-refractivity contribution in [2.24, 2.45) is 0 Å². The Bertz CT molecular complexity index is 829. The average molecular weight is 325 g/mol. The van der Waals surface area contributed by atoms with Crippen molar-refractivity contribution in [2.75, 3.05) is 25.2 Å². The highest BCUT2D eigenvalue weighted by Gasteiger charge is 2.16. The Hall–Kier alpha value is -3.27. The van der Waals surface area contributed by atoms with E-state index in [9.17, 15) is 15.4 Å². The van der Waals surface area contributed by atoms with E-state index in [-0.39, 0.29) is 11.3 Å². The summed E-state index contributed by atoms with van der Waals surface area (Å²) >= 11 is 0. The number of rotatable bonds is 4. The summed E-state index contributed by atoms with van der Waals surface area (Å²) in [4.78, 5) is 12.2. The summed E-state index contributed by atoms with van der Waals surface area (Å²) in [5.41, 5.74) is 1.80. The highest BCUT2D eigenvalue weighted by Crippen LogP contribution is 2.32. The summed E-state index contributed by atoms with van der Waals surface area (Å²) in [6.45, 7) is 1.59. The molecule has 0 atom stereocenters. The number of hydrogen-bond donors (Lipinski definition) is 0. The molecular weight excluding hydrogens is 310 g/mol. The summed E-state index contributed by atoms with van der Waals surface area (Å²) in [6, 6.07) is 12.0. The minimum absolute atomic E-state index is 0.0944. The lowest BCUT2D eigenvalue weighted by Gasteiger charge is -2.23. The third kappa shape index (κ3) is 3.08. The fourth-order valence-electron chi connectivity index (χ4n) is 2.61. The maximum Gasteiger partial charge on any atom is 0.270 e. The van der Waals surface area contributed by atoms with Crippen LogP contribution in [0.4, 0.5) is 11.4 Å². The van der Waals surface area contributed by atoms with E-state index in [0.717, 1.165) is 11.3 Å². The van der Waals surface area contributed by atoms with Gasteiger partial charge in [0.1, 0.15) is 19.3 Å². The highest BCUT2D eigenvalue weighted by atomic mass is 16.6. The minimum atomic E-state index is -0.508. The molecule has 122 valence electrons. The first-order valence-electron chi connectivity index (χ1n) is 7.36. The third-order valence-corrected chi connectivity index (χ3v) is 3.75. The van der Waals surface area contributed by atoms with Gasteiger partial charge in [0, 0.05) is 25.7 Å². The number of benzene rings is 2. The molecule has 24 heavy (non-hydrogen) atoms. The smallest absolute Gasteiger partial charge is 0.270 e. The number of nitro groups is 1. The van der Waals surface area contributed by atoms with Gasteiger partial charge in [-0.25, -0.2) is 0 Å². The molecule has 3 rings (SSSR count). The van der Waals surface area contributed by atoms with E-state index in [2.05, 4.69) is 0 Å². The van der Waals surface area contributed by atoms with Crippen molar-refractivity contribution in [1.82, 2.24) is 0 Å². The van der Waals surface area contributed by atoms with Crippen LogP contribution in [0, 0.1) is 21.4 Å². The zero-order valence-corrected chi connectivity index (χ0v) is 13.1. The van der Waals surface area contributed by atoms with Crippen molar-refractivity contribution in [3.05, 3.63) is 57.6 Å². The van der Waals surface area contributed by atoms with E-state index in [1.165, 1.54) is 12.1 Å². The van der Waals surface area contributed by atoms with Crippen LogP contribution in [0.25, 0.3) is 0 Å². The van der Waals surface area contributed by atoms with Crippen LogP contribution in [-0.2, 0) is 6.54 Å². The van der Waals surface area contributed by atoms with Crippen molar-refractivity contribution in [3.63, 3.8) is 0 Å². The number of nitriles is 1. The van der Waals surface area contributed by atoms with E-state index < -0.39 is 4.92 Å². The predicted octanol–water partition coefficient (Wildman–Crippen LogP) is 2.87. The van der Waals surface area contributed by atoms with Crippen LogP contribution < -0.4 is 14.4 Å². The summed E-state index contributed by atoms with van der Waals surface area (Å²) in [5.74, 6) is 1.43. The molecule has 1 heterocycles. The second-order valence-electron chi connectivity index (χ2n) is 5.40. The van der Waals surface area contributed by atoms with Gasteiger partial charge in [0.15, 0.2) is 11.5 Å². The van der Waals surface area contributed by atoms with E-state index >= 15 is 0 Å². The fourth-order valence-corrected chi connectivity index (χ4v) is 2.61. The molecule has 0 spiro atoms. The van der Waals surface area contributed by atoms with Crippen LogP contribution in [-0.4, -0.2) is 25.2 Å². The summed E-state index contributed by atoms with van der Waals surface area (Å²) in [5, 5.41) is 20.1. The molecule has 1 aliphatic heterocycles. The largest absolute Gasteiger partial charge is 0.486 e. The maximum absolute atomic E-state index is 10.8. The fraction of sp³-hybridized carbons (Fsp3) is 0.235. The van der Waals surface area contributed by atoms with Gasteiger partial charge in [0.25, 0.3) is 5.69 Å². The second-order valence-corrected chi connectivity index (χ2v) is 5.40. The summed E-state index contributed by atoms with van der Waals surface area (Å²) in [6.07, 6.45) is 0. The molecule has 0 aromatic heterocycles. The molecule has 7 nitrogen and oxygen atoms in total. The lowest BCUT2D eigenvalue weighted by Crippen LogP contribution is -2.19. The van der Waals surface area contributed by atoms with Gasteiger partial charge < -0.3 is 14.4 Å². The van der Waals surface area contributed by atoms with Gasteiger partial charge in [-0.1, -0.05) is 6.07 Å². The zero-order valence-electron chi connectivity index (χ0n) is 13.1. The van der Waals surface area contributed by atoms with E-state index in [1.807, 2.05) is 36.2 Å². The number of ether oxygens (including phenoxy) is 2. The first kappa shape index (κ1) is 15.6. The number of nitrogens with zero attached hydrogens (tertiary/aromatic N) is 3. The van der Waals surface area contributed by atoms with Crippen LogP contribution in [0.3, 0.4) is 0 Å². The van der Waals surface area contributed by atoms with Gasteiger partial charge in [-0.05, 0) is 23.8 Å². The van der Waals surface area contributed by atoms with Crippen molar-refractivity contribution in [2.45, 2.75) is 6.54 Å². The summed E-state index contributed by atoms with van der Waals surface area (Å²) in [7, 11) is 1.83. The highest BCUT2D eigenvalue weighted by molar-refractivity contribution is 5.63. The van der Waals surface area contributed by atoms with E-state index in [4.69, 9.17) is 9.47 Å². The number of fused-ring (bicyclic) bond motifs is 1. The molecule has 2 aromatic carbocycles. The van der Waals surface area contributed by atoms with Crippen LogP contribution in [0.2, 0.25) is 0 Å². The molecule has 0 fully saturated rings. The van der Waals surface area contributed by atoms with Gasteiger partial charge in [-0.2, -0.15) is 5.26 Å². The molecular formula is C17H15N3O4. The molecule has 2 aromatic rings. The molecule has 0 radical (unpaired) electrons. The molecule has 0 bridgehead atoms. The van der Waals surface area contributed by atoms with Crippen molar-refractivity contribution in [3.8, 4) is 17.6 Å². The van der Waals surface area contributed by atoms with Crippen LogP contribution in [0.1, 0.15) is 11.1 Å². The molecule has 0 amide bonds. The number of hydrogen-bond acceptors (Lipinski definition) is 6. The van der Waals surface area contributed by atoms with Gasteiger partial charge in [-0.3, -0.25) is 10.1 Å². The topological polar surface area (TPSA) is 88.6 Å². The predicted molar refractivity (Wildman–Crippen MR) is 87.4 cm³/mol. The van der Waals surface area contributed by atoms with Gasteiger partial charge in [0.2, 0.25) is 0 Å². The van der Waals surface area contributed by atoms with Crippen LogP contribution in [0.5, 0.6) is 11.5 Å². The molecule has 0 N–H and O–H groups in total. The molecule has 0 aliphatic carbocycles. The Labute approximate surface area is 138 Å². The quantitative estimate of drug-likeness (QED) is 0.634. The van der Waals surface area contributed by atoms with Crippen molar-refractivity contribution in [1.29, 1.82) is 5.26 Å². The van der Waals surface area contributed by atoms with Crippen LogP contribution >= 0.6 is 0 Å². The Kier molecular flexibility index (Phi) is 4.20. The number of non-ortho nitro benzene ring substituents is 1. The number of anilines is 1. The van der Waals surface area contributed by atoms with Gasteiger partial charge >= 0.3 is 0 Å². The Morgan fingerprint density at radius 1 is 1.21 bits per heavy atom. The van der Waals surface area contributed by atoms with E-state index in [0.29, 0.717) is 31.2 Å². The Morgan fingerprint density at radius 3 is 2.67 bits per heavy atom. The first-order chi connectivity index (χ1) is 11.6. The lowest BCUT2D eigenvalue weighted by atomic mass is 10.1. The van der Waals surface area contributed by atoms with Crippen LogP contribution in [0.15, 0.2) is 36.4 Å². The average Bonchev–Trinajstić information content (AvgIpc) is 2.60. The number of nitro benzene ring substituents is 1. The zero-order chi connectivity index (χ0) is 17.1. The molecule has 0 saturated heterocycles. The minimum Gasteiger partial charge on any atom is -0.486 e. The standard InChI is InChI=1S/C17H15N3O4/c1-19(15-4-3-14(20(21)22)9-13(15)10-18)11-12-2-5-16-17(8-12)24-7-6-23-16/h2-5,8-9H,6-7,11H2,1H3. The van der Waals surface area contributed by atoms with Crippen molar-refractivity contribution < 1.29 is 14.4 Å². The lowest BCUT2D eigenvalue weighted by molar-refractivity contribution is -0.384.